The minimum Gasteiger partial charge on any atom is -0.313 e. The molecule has 6 heteroatoms. The number of piperidine rings is 1. The minimum absolute atomic E-state index is 0.0798. The average molecular weight is 275 g/mol. The van der Waals surface area contributed by atoms with Gasteiger partial charge in [-0.2, -0.15) is 13.2 Å². The van der Waals surface area contributed by atoms with Gasteiger partial charge in [-0.3, -0.25) is 4.79 Å². The monoisotopic (exact) mass is 275 g/mol. The lowest BCUT2D eigenvalue weighted by molar-refractivity contribution is -0.137. The van der Waals surface area contributed by atoms with Gasteiger partial charge in [0.15, 0.2) is 0 Å². The number of carbonyl (C=O) groups is 1. The highest BCUT2D eigenvalue weighted by Gasteiger charge is 2.31. The van der Waals surface area contributed by atoms with E-state index >= 15 is 0 Å². The van der Waals surface area contributed by atoms with Gasteiger partial charge in [-0.05, 0) is 30.2 Å². The van der Waals surface area contributed by atoms with E-state index in [9.17, 15) is 22.4 Å². The molecule has 1 aliphatic heterocycles. The van der Waals surface area contributed by atoms with E-state index in [1.165, 1.54) is 0 Å². The maximum atomic E-state index is 13.2. The molecule has 1 fully saturated rings. The Bertz CT molecular complexity index is 484. The Morgan fingerprint density at radius 1 is 1.26 bits per heavy atom. The molecular formula is C13H13F4NO. The number of Topliss-reactive ketones (excluding diaryl/α,β-unsaturated/α-hetero) is 1. The third kappa shape index (κ3) is 3.76. The lowest BCUT2D eigenvalue weighted by Gasteiger charge is -2.23. The van der Waals surface area contributed by atoms with E-state index < -0.39 is 17.6 Å². The second-order valence-electron chi connectivity index (χ2n) is 4.69. The van der Waals surface area contributed by atoms with Crippen molar-refractivity contribution in [1.82, 2.24) is 5.32 Å². The van der Waals surface area contributed by atoms with Crippen molar-refractivity contribution in [3.63, 3.8) is 0 Å². The number of hydrogen-bond donors (Lipinski definition) is 1. The molecule has 2 rings (SSSR count). The number of ketones is 1. The number of alkyl halides is 3. The molecule has 104 valence electrons. The molecular weight excluding hydrogens is 262 g/mol. The van der Waals surface area contributed by atoms with E-state index in [2.05, 4.69) is 5.32 Å². The summed E-state index contributed by atoms with van der Waals surface area (Å²) in [5.74, 6) is -0.830. The van der Waals surface area contributed by atoms with Gasteiger partial charge in [-0.25, -0.2) is 4.39 Å². The molecule has 0 bridgehead atoms. The summed E-state index contributed by atoms with van der Waals surface area (Å²) in [4.78, 5) is 11.3. The van der Waals surface area contributed by atoms with Crippen LogP contribution in [0.3, 0.4) is 0 Å². The first-order valence-electron chi connectivity index (χ1n) is 5.96. The fourth-order valence-corrected chi connectivity index (χ4v) is 2.23. The summed E-state index contributed by atoms with van der Waals surface area (Å²) < 4.78 is 50.9. The summed E-state index contributed by atoms with van der Waals surface area (Å²) >= 11 is 0. The quantitative estimate of drug-likeness (QED) is 0.841. The van der Waals surface area contributed by atoms with Crippen LogP contribution in [0.4, 0.5) is 17.6 Å². The molecule has 2 nitrogen and oxygen atoms in total. The maximum absolute atomic E-state index is 13.2. The molecule has 1 aromatic carbocycles. The Morgan fingerprint density at radius 2 is 2.00 bits per heavy atom. The van der Waals surface area contributed by atoms with Crippen molar-refractivity contribution in [1.29, 1.82) is 0 Å². The maximum Gasteiger partial charge on any atom is 0.416 e. The summed E-state index contributed by atoms with van der Waals surface area (Å²) in [6.45, 7) is 0.519. The van der Waals surface area contributed by atoms with E-state index in [4.69, 9.17) is 0 Å². The Kier molecular flexibility index (Phi) is 3.89. The van der Waals surface area contributed by atoms with Crippen molar-refractivity contribution < 1.29 is 22.4 Å². The van der Waals surface area contributed by atoms with Crippen molar-refractivity contribution in [2.75, 3.05) is 6.54 Å². The molecule has 1 unspecified atom stereocenters. The number of benzene rings is 1. The van der Waals surface area contributed by atoms with Crippen LogP contribution in [-0.2, 0) is 17.4 Å². The fraction of sp³-hybridized carbons (Fsp3) is 0.462. The Labute approximate surface area is 107 Å². The summed E-state index contributed by atoms with van der Waals surface area (Å²) in [6.07, 6.45) is -3.63. The summed E-state index contributed by atoms with van der Waals surface area (Å²) in [7, 11) is 0. The Hall–Kier alpha value is -1.43. The Morgan fingerprint density at radius 3 is 2.63 bits per heavy atom. The third-order valence-electron chi connectivity index (χ3n) is 3.08. The minimum atomic E-state index is -4.56. The van der Waals surface area contributed by atoms with Gasteiger partial charge in [0.05, 0.1) is 5.56 Å². The number of hydrogen-bond acceptors (Lipinski definition) is 2. The van der Waals surface area contributed by atoms with Crippen LogP contribution in [0.5, 0.6) is 0 Å². The van der Waals surface area contributed by atoms with Gasteiger partial charge in [-0.15, -0.1) is 0 Å². The molecule has 1 saturated heterocycles. The van der Waals surface area contributed by atoms with Gasteiger partial charge in [0.2, 0.25) is 0 Å². The first-order chi connectivity index (χ1) is 8.84. The molecule has 1 aliphatic rings. The highest BCUT2D eigenvalue weighted by molar-refractivity contribution is 5.80. The fourth-order valence-electron chi connectivity index (χ4n) is 2.23. The molecule has 0 amide bonds. The van der Waals surface area contributed by atoms with E-state index in [0.717, 1.165) is 12.1 Å². The van der Waals surface area contributed by atoms with Crippen LogP contribution < -0.4 is 5.32 Å². The summed E-state index contributed by atoms with van der Waals surface area (Å²) in [6, 6.07) is 2.27. The molecule has 1 aromatic rings. The molecule has 0 radical (unpaired) electrons. The van der Waals surface area contributed by atoms with E-state index in [-0.39, 0.29) is 30.2 Å². The Balaban J connectivity index is 2.16. The number of nitrogens with one attached hydrogen (secondary N) is 1. The smallest absolute Gasteiger partial charge is 0.313 e. The largest absolute Gasteiger partial charge is 0.416 e. The van der Waals surface area contributed by atoms with Gasteiger partial charge in [0.1, 0.15) is 11.6 Å². The van der Waals surface area contributed by atoms with Crippen molar-refractivity contribution in [3.8, 4) is 0 Å². The van der Waals surface area contributed by atoms with Crippen LogP contribution in [0.25, 0.3) is 0 Å². The predicted molar refractivity (Wildman–Crippen MR) is 61.1 cm³/mol. The van der Waals surface area contributed by atoms with Gasteiger partial charge < -0.3 is 5.32 Å². The first-order valence-corrected chi connectivity index (χ1v) is 5.96. The zero-order chi connectivity index (χ0) is 14.0. The first kappa shape index (κ1) is 14.0. The van der Waals surface area contributed by atoms with Gasteiger partial charge in [0, 0.05) is 25.4 Å². The average Bonchev–Trinajstić information content (AvgIpc) is 2.26. The van der Waals surface area contributed by atoms with E-state index in [0.29, 0.717) is 19.0 Å². The number of carbonyl (C=O) groups excluding carboxylic acids is 1. The van der Waals surface area contributed by atoms with E-state index in [1.807, 2.05) is 0 Å². The van der Waals surface area contributed by atoms with Crippen LogP contribution in [0.1, 0.15) is 24.0 Å². The molecule has 1 heterocycles. The van der Waals surface area contributed by atoms with Crippen LogP contribution in [0.15, 0.2) is 18.2 Å². The molecule has 1 atom stereocenters. The van der Waals surface area contributed by atoms with Crippen molar-refractivity contribution in [3.05, 3.63) is 35.1 Å². The number of rotatable bonds is 2. The van der Waals surface area contributed by atoms with Crippen LogP contribution in [-0.4, -0.2) is 18.4 Å². The van der Waals surface area contributed by atoms with Crippen LogP contribution >= 0.6 is 0 Å². The van der Waals surface area contributed by atoms with Crippen LogP contribution in [0, 0.1) is 5.82 Å². The highest BCUT2D eigenvalue weighted by atomic mass is 19.4. The van der Waals surface area contributed by atoms with E-state index in [1.54, 1.807) is 0 Å². The molecule has 0 aliphatic carbocycles. The zero-order valence-corrected chi connectivity index (χ0v) is 10.1. The molecule has 19 heavy (non-hydrogen) atoms. The number of halogens is 4. The van der Waals surface area contributed by atoms with Crippen LogP contribution in [0.2, 0.25) is 0 Å². The zero-order valence-electron chi connectivity index (χ0n) is 10.1. The second kappa shape index (κ2) is 5.28. The highest BCUT2D eigenvalue weighted by Crippen LogP contribution is 2.30. The van der Waals surface area contributed by atoms with Crippen molar-refractivity contribution in [2.45, 2.75) is 31.5 Å². The standard InChI is InChI=1S/C13H13F4NO/c14-10-4-8(3-9(6-10)13(15,16)17)5-11-7-12(19)1-2-18-11/h3-4,6,11,18H,1-2,5,7H2. The normalized spacial score (nSPS) is 20.6. The SMILES string of the molecule is O=C1CCNC(Cc2cc(F)cc(C(F)(F)F)c2)C1. The molecule has 0 saturated carbocycles. The summed E-state index contributed by atoms with van der Waals surface area (Å²) in [5.41, 5.74) is -0.746. The molecule has 0 aromatic heterocycles. The van der Waals surface area contributed by atoms with Gasteiger partial charge >= 0.3 is 6.18 Å². The third-order valence-corrected chi connectivity index (χ3v) is 3.08. The lowest BCUT2D eigenvalue weighted by atomic mass is 9.96. The van der Waals surface area contributed by atoms with Gasteiger partial charge in [0.25, 0.3) is 0 Å². The topological polar surface area (TPSA) is 29.1 Å². The lowest BCUT2D eigenvalue weighted by Crippen LogP contribution is -2.39. The summed E-state index contributed by atoms with van der Waals surface area (Å²) in [5, 5.41) is 3.05. The molecule has 0 spiro atoms. The van der Waals surface area contributed by atoms with Crippen molar-refractivity contribution in [2.24, 2.45) is 0 Å². The van der Waals surface area contributed by atoms with Gasteiger partial charge in [-0.1, -0.05) is 0 Å². The second-order valence-corrected chi connectivity index (χ2v) is 4.69. The van der Waals surface area contributed by atoms with Crippen molar-refractivity contribution >= 4 is 5.78 Å². The molecule has 1 N–H and O–H groups in total. The predicted octanol–water partition coefficient (Wildman–Crippen LogP) is 2.71.